The Hall–Kier alpha value is 1.83. The molecule has 0 aromatic heterocycles. The van der Waals surface area contributed by atoms with Gasteiger partial charge in [0.1, 0.15) is 0 Å². The van der Waals surface area contributed by atoms with Crippen LogP contribution < -0.4 is 29.4 Å². The molecular formula is C96H204MoO12P6-6. The fourth-order valence-electron chi connectivity index (χ4n) is 15.2. The van der Waals surface area contributed by atoms with Crippen molar-refractivity contribution in [2.24, 2.45) is 0 Å². The van der Waals surface area contributed by atoms with Gasteiger partial charge in [-0.1, -0.05) is 474 Å². The van der Waals surface area contributed by atoms with Crippen molar-refractivity contribution in [3.05, 3.63) is 0 Å². The van der Waals surface area contributed by atoms with Crippen molar-refractivity contribution in [3.8, 4) is 0 Å². The van der Waals surface area contributed by atoms with E-state index >= 15 is 0 Å². The third kappa shape index (κ3) is 70.6. The van der Waals surface area contributed by atoms with Gasteiger partial charge in [0.05, 0.1) is 0 Å². The van der Waals surface area contributed by atoms with Gasteiger partial charge in [-0.05, 0) is 145 Å². The molecule has 0 aliphatic rings. The van der Waals surface area contributed by atoms with Crippen LogP contribution in [0.25, 0.3) is 0 Å². The van der Waals surface area contributed by atoms with Gasteiger partial charge in [-0.25, -0.2) is 0 Å². The van der Waals surface area contributed by atoms with E-state index in [1.165, 1.54) is 231 Å². The molecule has 0 aromatic rings. The first-order valence-electron chi connectivity index (χ1n) is 49.6. The first-order chi connectivity index (χ1) is 53.8. The molecule has 0 aromatic carbocycles. The van der Waals surface area contributed by atoms with Gasteiger partial charge in [-0.2, -0.15) is 0 Å². The Balaban J connectivity index is -0.000000243. The molecule has 0 saturated heterocycles. The molecular weight excluding hydrogens is 1630 g/mol. The topological polar surface area (TPSA) is 241 Å². The summed E-state index contributed by atoms with van der Waals surface area (Å²) in [5, 5.41) is 0. The van der Waals surface area contributed by atoms with Gasteiger partial charge in [-0.15, -0.1) is 0 Å². The van der Waals surface area contributed by atoms with Crippen molar-refractivity contribution >= 4 is 44.2 Å². The van der Waals surface area contributed by atoms with E-state index in [-0.39, 0.29) is 89.0 Å². The fourth-order valence-corrected chi connectivity index (χ4v) is 26.9. The molecule has 0 amide bonds. The molecule has 0 bridgehead atoms. The van der Waals surface area contributed by atoms with Gasteiger partial charge in [0.15, 0.2) is 0 Å². The standard InChI is InChI=1S/6C16H35O2P.Mo/c6*1-5-7-9-11-13-15(3)19(17,18)16(4)14-12-10-8-6-2;/h6*15-16H,5-14H2,1-4H3,(H,17,18);/p-6. The minimum absolute atomic E-state index is 0. The summed E-state index contributed by atoms with van der Waals surface area (Å²) in [6.45, 7) is 49.0. The molecule has 0 saturated carbocycles. The Morgan fingerprint density at radius 1 is 0.139 bits per heavy atom. The number of hydrogen-bond donors (Lipinski definition) is 0. The minimum Gasteiger partial charge on any atom is -0.799 e. The van der Waals surface area contributed by atoms with Crippen molar-refractivity contribution in [1.29, 1.82) is 0 Å². The fraction of sp³-hybridized carbons (Fsp3) is 1.00. The summed E-state index contributed by atoms with van der Waals surface area (Å²) in [4.78, 5) is 74.3. The van der Waals surface area contributed by atoms with E-state index < -0.39 is 44.2 Å². The van der Waals surface area contributed by atoms with Crippen LogP contribution in [0.1, 0.15) is 551 Å². The van der Waals surface area contributed by atoms with E-state index in [0.29, 0.717) is 0 Å². The first kappa shape index (κ1) is 130. The number of rotatable bonds is 72. The SMILES string of the molecule is CCCCCCC(C)P(=O)([O-])C(C)CCCCCC.CCCCCCC(C)P(=O)([O-])C(C)CCCCCC.CCCCCCC(C)P(=O)([O-])C(C)CCCCCC.CCCCCCC(C)P(=O)([O-])C(C)CCCCCC.CCCCCCC(C)P(=O)([O-])C(C)CCCCCC.CCCCCCC(C)P(=O)([O-])C(C)CCCCCC.[Mo]. The third-order valence-electron chi connectivity index (χ3n) is 25.1. The summed E-state index contributed by atoms with van der Waals surface area (Å²) in [6.07, 6.45) is 66.1. The van der Waals surface area contributed by atoms with Crippen LogP contribution in [0.4, 0.5) is 0 Å². The summed E-state index contributed by atoms with van der Waals surface area (Å²) in [5.74, 6) is 0. The third-order valence-corrected chi connectivity index (χ3v) is 42.9. The van der Waals surface area contributed by atoms with E-state index in [1.54, 1.807) is 0 Å². The molecule has 0 aliphatic carbocycles. The smallest absolute Gasteiger partial charge is 0.0202 e. The predicted molar refractivity (Wildman–Crippen MR) is 504 cm³/mol. The van der Waals surface area contributed by atoms with Crippen LogP contribution in [0.2, 0.25) is 0 Å². The first-order valence-corrected chi connectivity index (χ1v) is 60.2. The second-order valence-corrected chi connectivity index (χ2v) is 54.6. The molecule has 12 unspecified atom stereocenters. The van der Waals surface area contributed by atoms with Crippen molar-refractivity contribution in [1.82, 2.24) is 0 Å². The molecule has 0 spiro atoms. The van der Waals surface area contributed by atoms with Crippen molar-refractivity contribution in [3.63, 3.8) is 0 Å². The quantitative estimate of drug-likeness (QED) is 0.0314. The Morgan fingerprint density at radius 3 is 0.252 bits per heavy atom. The van der Waals surface area contributed by atoms with Gasteiger partial charge < -0.3 is 56.8 Å². The van der Waals surface area contributed by atoms with Crippen LogP contribution in [0.15, 0.2) is 0 Å². The molecule has 19 heteroatoms. The molecule has 115 heavy (non-hydrogen) atoms. The molecule has 0 heterocycles. The Labute approximate surface area is 736 Å². The second kappa shape index (κ2) is 85.3. The molecule has 702 valence electrons. The average molecular weight is 1830 g/mol. The van der Waals surface area contributed by atoms with Crippen molar-refractivity contribution in [2.75, 3.05) is 0 Å². The van der Waals surface area contributed by atoms with E-state index in [4.69, 9.17) is 0 Å². The number of hydrogen-bond acceptors (Lipinski definition) is 12. The molecule has 0 aliphatic heterocycles. The maximum atomic E-state index is 12.4. The maximum absolute atomic E-state index is 12.4. The summed E-state index contributed by atoms with van der Waals surface area (Å²) in [6, 6.07) is 0. The van der Waals surface area contributed by atoms with E-state index in [9.17, 15) is 56.8 Å². The van der Waals surface area contributed by atoms with Crippen LogP contribution in [-0.4, -0.2) is 67.9 Å². The monoisotopic (exact) mass is 1830 g/mol. The zero-order chi connectivity index (χ0) is 88.4. The van der Waals surface area contributed by atoms with Crippen molar-refractivity contribution in [2.45, 2.75) is 619 Å². The van der Waals surface area contributed by atoms with Crippen LogP contribution in [0.5, 0.6) is 0 Å². The Morgan fingerprint density at radius 2 is 0.200 bits per heavy atom. The maximum Gasteiger partial charge on any atom is 0.0202 e. The Kier molecular flexibility index (Phi) is 96.4. The zero-order valence-electron chi connectivity index (χ0n) is 81.3. The summed E-state index contributed by atoms with van der Waals surface area (Å²) in [7, 11) is -19.3. The molecule has 12 nitrogen and oxygen atoms in total. The van der Waals surface area contributed by atoms with Gasteiger partial charge in [0.2, 0.25) is 0 Å². The van der Waals surface area contributed by atoms with Crippen LogP contribution in [-0.2, 0) is 48.5 Å². The normalized spacial score (nSPS) is 17.8. The van der Waals surface area contributed by atoms with Gasteiger partial charge in [0, 0.05) is 65.3 Å². The minimum atomic E-state index is -3.22. The average Bonchev–Trinajstić information content (AvgIpc) is 0.895. The van der Waals surface area contributed by atoms with E-state index in [0.717, 1.165) is 154 Å². The van der Waals surface area contributed by atoms with Crippen LogP contribution in [0.3, 0.4) is 0 Å². The largest absolute Gasteiger partial charge is 0.799 e. The molecule has 0 N–H and O–H groups in total. The molecule has 12 atom stereocenters. The van der Waals surface area contributed by atoms with Crippen LogP contribution in [0, 0.1) is 0 Å². The van der Waals surface area contributed by atoms with Gasteiger partial charge >= 0.3 is 0 Å². The van der Waals surface area contributed by atoms with E-state index in [2.05, 4.69) is 83.1 Å². The summed E-state index contributed by atoms with van der Waals surface area (Å²) in [5.41, 5.74) is -1.61. The molecule has 0 fully saturated rings. The predicted octanol–water partition coefficient (Wildman–Crippen LogP) is 32.1. The van der Waals surface area contributed by atoms with Crippen molar-refractivity contribution < 1.29 is 77.8 Å². The molecule has 0 radical (unpaired) electrons. The van der Waals surface area contributed by atoms with Crippen LogP contribution >= 0.6 is 44.2 Å². The Bertz CT molecular complexity index is 1800. The number of unbranched alkanes of at least 4 members (excludes halogenated alkanes) is 36. The summed E-state index contributed by atoms with van der Waals surface area (Å²) >= 11 is 0. The summed E-state index contributed by atoms with van der Waals surface area (Å²) < 4.78 is 74.3. The zero-order valence-corrected chi connectivity index (χ0v) is 88.7. The van der Waals surface area contributed by atoms with Gasteiger partial charge in [0.25, 0.3) is 0 Å². The second-order valence-electron chi connectivity index (χ2n) is 36.3. The van der Waals surface area contributed by atoms with E-state index in [1.807, 2.05) is 83.1 Å². The molecule has 0 rings (SSSR count). The van der Waals surface area contributed by atoms with Gasteiger partial charge in [-0.3, -0.25) is 0 Å².